The molecular formula is C76H100N2O2S5. The Morgan fingerprint density at radius 3 is 1.36 bits per heavy atom. The fraction of sp³-hybridized carbons (Fsp3) is 0.526. The summed E-state index contributed by atoms with van der Waals surface area (Å²) in [6.07, 6.45) is 38.4. The molecular weight excluding hydrogens is 1130 g/mol. The average Bonchev–Trinajstić information content (AvgIpc) is 2.41. The summed E-state index contributed by atoms with van der Waals surface area (Å²) in [5, 5.41) is 9.99. The molecule has 85 heavy (non-hydrogen) atoms. The largest absolute Gasteiger partial charge is 0.486 e. The summed E-state index contributed by atoms with van der Waals surface area (Å²) in [7, 11) is 0. The molecule has 0 fully saturated rings. The monoisotopic (exact) mass is 1230 g/mol. The predicted molar refractivity (Wildman–Crippen MR) is 379 cm³/mol. The third kappa shape index (κ3) is 18.1. The van der Waals surface area contributed by atoms with E-state index in [-0.39, 0.29) is 5.70 Å². The number of benzene rings is 2. The number of nitrogens with zero attached hydrogens (tertiary/aromatic N) is 2. The highest BCUT2D eigenvalue weighted by atomic mass is 32.1. The zero-order chi connectivity index (χ0) is 59.9. The number of unbranched alkanes of at least 4 members (excludes halogenated alkanes) is 16. The maximum Gasteiger partial charge on any atom is 0.333 e. The lowest BCUT2D eigenvalue weighted by atomic mass is 9.97. The molecule has 1 N–H and O–H groups in total. The van der Waals surface area contributed by atoms with E-state index in [4.69, 9.17) is 6.57 Å². The lowest BCUT2D eigenvalue weighted by Gasteiger charge is -2.31. The minimum atomic E-state index is -1.15. The van der Waals surface area contributed by atoms with Gasteiger partial charge in [-0.2, -0.15) is 0 Å². The standard InChI is InChI=1S/C76H100N2O2S5/c1-9-16-22-27-36-57-47-68(81-67(57)52-63(77-8)76(79)80)72-60(38-29-24-18-11-3)49-70(83-72)74-62(40-31-26-20-13-5)51-71(85-74)75-61(39-30-25-19-12-4)50-69(84-75)73-59(37-28-23-17-10-2)48-66(82-73)58-44-45-65-56(46-58)43-42-55-35-32-33-41-64(55)78(65)53-54(15-7)34-21-14-6/h32-33,35,41,44-52,54H,9-31,34,36-40,42-43,53H2,1-7H3,(H,79,80)/b63-52-. The second kappa shape index (κ2) is 34.8. The Bertz CT molecular complexity index is 3260. The van der Waals surface area contributed by atoms with Crippen molar-refractivity contribution in [3.8, 4) is 49.5 Å². The van der Waals surface area contributed by atoms with Crippen LogP contribution in [-0.4, -0.2) is 17.6 Å². The number of thiophene rings is 5. The van der Waals surface area contributed by atoms with Crippen molar-refractivity contribution in [3.63, 3.8) is 0 Å². The number of rotatable bonds is 38. The summed E-state index contributed by atoms with van der Waals surface area (Å²) in [6.45, 7) is 25.0. The minimum Gasteiger partial charge on any atom is -0.486 e. The van der Waals surface area contributed by atoms with E-state index in [1.165, 1.54) is 235 Å². The van der Waals surface area contributed by atoms with Gasteiger partial charge in [0, 0.05) is 66.7 Å². The molecule has 456 valence electrons. The molecule has 9 heteroatoms. The van der Waals surface area contributed by atoms with E-state index in [0.717, 1.165) is 75.6 Å². The molecule has 8 rings (SSSR count). The first-order chi connectivity index (χ1) is 41.6. The van der Waals surface area contributed by atoms with Crippen LogP contribution in [-0.2, 0) is 49.7 Å². The second-order valence-electron chi connectivity index (χ2n) is 24.4. The van der Waals surface area contributed by atoms with Gasteiger partial charge in [-0.3, -0.25) is 4.79 Å². The SMILES string of the molecule is [C-]#[N+]/C(=C\c1sc(-c2sc(-c3sc(-c4sc(-c5sc(-c6ccc7c(c6)CCc6ccccc6N7CC(CC)CCCC)cc5CCCCCC)cc4CCCCCC)cc3CCCCCC)cc2CCCCCC)cc1CCCCCC)C(=O)O. The van der Waals surface area contributed by atoms with Gasteiger partial charge in [0.1, 0.15) is 0 Å². The smallest absolute Gasteiger partial charge is 0.333 e. The zero-order valence-electron chi connectivity index (χ0n) is 53.0. The van der Waals surface area contributed by atoms with Crippen molar-refractivity contribution in [1.29, 1.82) is 0 Å². The number of anilines is 2. The van der Waals surface area contributed by atoms with Crippen LogP contribution < -0.4 is 4.90 Å². The highest BCUT2D eigenvalue weighted by Gasteiger charge is 2.27. The Balaban J connectivity index is 1.22. The number of carboxylic acid groups (broad SMARTS) is 1. The number of para-hydroxylation sites is 1. The van der Waals surface area contributed by atoms with Gasteiger partial charge in [-0.15, -0.1) is 56.7 Å². The Kier molecular flexibility index (Phi) is 27.2. The molecule has 2 aromatic carbocycles. The fourth-order valence-corrected chi connectivity index (χ4v) is 19.1. The fourth-order valence-electron chi connectivity index (χ4n) is 12.6. The average molecular weight is 1230 g/mol. The van der Waals surface area contributed by atoms with Crippen LogP contribution in [0.5, 0.6) is 0 Å². The van der Waals surface area contributed by atoms with E-state index < -0.39 is 5.97 Å². The molecule has 4 nitrogen and oxygen atoms in total. The number of aryl methyl sites for hydroxylation is 7. The molecule has 0 saturated carbocycles. The van der Waals surface area contributed by atoms with Crippen molar-refractivity contribution in [1.82, 2.24) is 0 Å². The molecule has 0 amide bonds. The molecule has 5 aromatic heterocycles. The molecule has 7 aromatic rings. The zero-order valence-corrected chi connectivity index (χ0v) is 57.1. The van der Waals surface area contributed by atoms with E-state index in [0.29, 0.717) is 5.92 Å². The molecule has 1 atom stereocenters. The molecule has 1 aliphatic heterocycles. The number of fused-ring (bicyclic) bond motifs is 2. The van der Waals surface area contributed by atoms with Gasteiger partial charge in [-0.25, -0.2) is 4.85 Å². The van der Waals surface area contributed by atoms with Gasteiger partial charge in [0.2, 0.25) is 0 Å². The van der Waals surface area contributed by atoms with Crippen LogP contribution in [0.25, 0.3) is 60.4 Å². The van der Waals surface area contributed by atoms with Crippen molar-refractivity contribution in [2.45, 2.75) is 248 Å². The maximum atomic E-state index is 12.2. The number of carbonyl (C=O) groups is 1. The highest BCUT2D eigenvalue weighted by molar-refractivity contribution is 7.30. The van der Waals surface area contributed by atoms with Crippen LogP contribution in [0.2, 0.25) is 0 Å². The Morgan fingerprint density at radius 1 is 0.494 bits per heavy atom. The number of hydrogen-bond acceptors (Lipinski definition) is 7. The molecule has 1 unspecified atom stereocenters. The first kappa shape index (κ1) is 66.4. The molecule has 0 bridgehead atoms. The molecule has 0 radical (unpaired) electrons. The van der Waals surface area contributed by atoms with Gasteiger partial charge in [-0.05, 0) is 189 Å². The Hall–Kier alpha value is -4.56. The van der Waals surface area contributed by atoms with Crippen LogP contribution >= 0.6 is 56.7 Å². The lowest BCUT2D eigenvalue weighted by Crippen LogP contribution is -2.25. The topological polar surface area (TPSA) is 44.9 Å². The Morgan fingerprint density at radius 2 is 0.906 bits per heavy atom. The third-order valence-corrected chi connectivity index (χ3v) is 24.3. The number of hydrogen-bond donors (Lipinski definition) is 1. The molecule has 1 aliphatic rings. The summed E-state index contributed by atoms with van der Waals surface area (Å²) in [5.41, 5.74) is 14.1. The third-order valence-electron chi connectivity index (χ3n) is 17.7. The number of carboxylic acids is 1. The van der Waals surface area contributed by atoms with E-state index >= 15 is 0 Å². The quantitative estimate of drug-likeness (QED) is 0.0238. The van der Waals surface area contributed by atoms with Crippen molar-refractivity contribution in [3.05, 3.63) is 134 Å². The number of aliphatic carboxylic acids is 1. The van der Waals surface area contributed by atoms with E-state index in [1.54, 1.807) is 17.4 Å². The second-order valence-corrected chi connectivity index (χ2v) is 29.7. The van der Waals surface area contributed by atoms with Gasteiger partial charge >= 0.3 is 5.97 Å². The lowest BCUT2D eigenvalue weighted by molar-refractivity contribution is -0.132. The van der Waals surface area contributed by atoms with E-state index in [9.17, 15) is 9.90 Å². The van der Waals surface area contributed by atoms with Crippen LogP contribution in [0.3, 0.4) is 0 Å². The summed E-state index contributed by atoms with van der Waals surface area (Å²) in [6, 6.07) is 29.5. The van der Waals surface area contributed by atoms with Gasteiger partial charge in [0.05, 0.1) is 6.57 Å². The van der Waals surface area contributed by atoms with Crippen LogP contribution in [0.4, 0.5) is 11.4 Å². The maximum absolute atomic E-state index is 12.2. The minimum absolute atomic E-state index is 0.209. The molecule has 6 heterocycles. The van der Waals surface area contributed by atoms with Crippen LogP contribution in [0, 0.1) is 12.5 Å². The van der Waals surface area contributed by atoms with Gasteiger partial charge in [0.15, 0.2) is 0 Å². The van der Waals surface area contributed by atoms with E-state index in [1.807, 2.05) is 34.0 Å². The predicted octanol–water partition coefficient (Wildman–Crippen LogP) is 25.7. The molecule has 0 spiro atoms. The van der Waals surface area contributed by atoms with Crippen molar-refractivity contribution in [2.24, 2.45) is 5.92 Å². The van der Waals surface area contributed by atoms with E-state index in [2.05, 4.69) is 142 Å². The van der Waals surface area contributed by atoms with Crippen LogP contribution in [0.15, 0.2) is 78.5 Å². The highest BCUT2D eigenvalue weighted by Crippen LogP contribution is 2.52. The van der Waals surface area contributed by atoms with Crippen molar-refractivity contribution < 1.29 is 9.90 Å². The normalized spacial score (nSPS) is 12.9. The van der Waals surface area contributed by atoms with Crippen molar-refractivity contribution >= 4 is 80.1 Å². The van der Waals surface area contributed by atoms with Crippen molar-refractivity contribution in [2.75, 3.05) is 11.4 Å². The summed E-state index contributed by atoms with van der Waals surface area (Å²) < 4.78 is 0. The van der Waals surface area contributed by atoms with Gasteiger partial charge in [0.25, 0.3) is 5.70 Å². The summed E-state index contributed by atoms with van der Waals surface area (Å²) in [5.74, 6) is -0.484. The first-order valence-corrected chi connectivity index (χ1v) is 37.7. The molecule has 0 saturated heterocycles. The Labute approximate surface area is 534 Å². The summed E-state index contributed by atoms with van der Waals surface area (Å²) >= 11 is 9.81. The van der Waals surface area contributed by atoms with Crippen LogP contribution in [0.1, 0.15) is 246 Å². The first-order valence-electron chi connectivity index (χ1n) is 33.6. The molecule has 0 aliphatic carbocycles. The van der Waals surface area contributed by atoms with Gasteiger partial charge in [-0.1, -0.05) is 188 Å². The van der Waals surface area contributed by atoms with Gasteiger partial charge < -0.3 is 10.0 Å². The summed E-state index contributed by atoms with van der Waals surface area (Å²) in [4.78, 5) is 31.9.